The Bertz CT molecular complexity index is 1240. The summed E-state index contributed by atoms with van der Waals surface area (Å²) in [4.78, 5) is 0. The number of benzene rings is 3. The van der Waals surface area contributed by atoms with Crippen LogP contribution in [-0.4, -0.2) is 0 Å². The van der Waals surface area contributed by atoms with Gasteiger partial charge < -0.3 is 4.42 Å². The van der Waals surface area contributed by atoms with E-state index in [4.69, 9.17) is 4.42 Å². The van der Waals surface area contributed by atoms with Crippen molar-refractivity contribution in [3.05, 3.63) is 120 Å². The summed E-state index contributed by atoms with van der Waals surface area (Å²) < 4.78 is 5.75. The molecule has 4 aromatic rings. The molecule has 2 unspecified atom stereocenters. The molecule has 0 radical (unpaired) electrons. The summed E-state index contributed by atoms with van der Waals surface area (Å²) in [5, 5.41) is 1.21. The van der Waals surface area contributed by atoms with Gasteiger partial charge in [-0.1, -0.05) is 85.0 Å². The van der Waals surface area contributed by atoms with E-state index in [0.717, 1.165) is 12.0 Å². The summed E-state index contributed by atoms with van der Waals surface area (Å²) in [5.74, 6) is 0.367. The Balaban J connectivity index is 1.79. The smallest absolute Gasteiger partial charge is 0.134 e. The van der Waals surface area contributed by atoms with Gasteiger partial charge in [0, 0.05) is 5.39 Å². The van der Waals surface area contributed by atoms with Gasteiger partial charge in [0.2, 0.25) is 0 Å². The minimum Gasteiger partial charge on any atom is -0.464 e. The molecule has 0 saturated heterocycles. The van der Waals surface area contributed by atoms with Crippen molar-refractivity contribution in [3.8, 4) is 11.1 Å². The maximum atomic E-state index is 5.75. The van der Waals surface area contributed by atoms with Crippen LogP contribution in [0.1, 0.15) is 23.1 Å². The Morgan fingerprint density at radius 2 is 1.64 bits per heavy atom. The second kappa shape index (κ2) is 5.84. The zero-order valence-electron chi connectivity index (χ0n) is 15.5. The summed E-state index contributed by atoms with van der Waals surface area (Å²) in [6.07, 6.45) is 11.9. The van der Waals surface area contributed by atoms with Crippen molar-refractivity contribution in [2.75, 3.05) is 0 Å². The molecular weight excluding hydrogens is 340 g/mol. The van der Waals surface area contributed by atoms with Crippen LogP contribution >= 0.6 is 0 Å². The Morgan fingerprint density at radius 3 is 2.50 bits per heavy atom. The third-order valence-electron chi connectivity index (χ3n) is 6.45. The highest BCUT2D eigenvalue weighted by Crippen LogP contribution is 2.59. The van der Waals surface area contributed by atoms with Gasteiger partial charge in [-0.3, -0.25) is 0 Å². The lowest BCUT2D eigenvalue weighted by atomic mass is 9.62. The maximum Gasteiger partial charge on any atom is 0.134 e. The topological polar surface area (TPSA) is 13.1 Å². The van der Waals surface area contributed by atoms with Crippen molar-refractivity contribution in [2.24, 2.45) is 5.92 Å². The van der Waals surface area contributed by atoms with Crippen molar-refractivity contribution in [3.63, 3.8) is 0 Å². The highest BCUT2D eigenvalue weighted by atomic mass is 16.3. The lowest BCUT2D eigenvalue weighted by Crippen LogP contribution is -2.35. The number of hydrogen-bond donors (Lipinski definition) is 0. The molecule has 0 saturated carbocycles. The van der Waals surface area contributed by atoms with Gasteiger partial charge in [0.25, 0.3) is 0 Å². The molecule has 3 aromatic carbocycles. The lowest BCUT2D eigenvalue weighted by Gasteiger charge is -2.39. The molecule has 2 aliphatic rings. The SMILES string of the molecule is C1=CCC(C2(c3ccccc3)c3ccccc3-c3c2ccc2occc32)C=C1. The molecule has 1 heterocycles. The monoisotopic (exact) mass is 360 g/mol. The quantitative estimate of drug-likeness (QED) is 0.380. The van der Waals surface area contributed by atoms with E-state index in [1.165, 1.54) is 33.2 Å². The summed E-state index contributed by atoms with van der Waals surface area (Å²) in [6, 6.07) is 26.5. The Kier molecular flexibility index (Phi) is 3.28. The Hall–Kier alpha value is -3.32. The Morgan fingerprint density at radius 1 is 0.786 bits per heavy atom. The van der Waals surface area contributed by atoms with Crippen LogP contribution in [0.3, 0.4) is 0 Å². The number of hydrogen-bond acceptors (Lipinski definition) is 1. The van der Waals surface area contributed by atoms with Crippen LogP contribution in [0.5, 0.6) is 0 Å². The van der Waals surface area contributed by atoms with Crippen LogP contribution in [0, 0.1) is 5.92 Å². The number of allylic oxidation sites excluding steroid dienone is 4. The molecular formula is C27H20O. The van der Waals surface area contributed by atoms with Gasteiger partial charge in [-0.15, -0.1) is 0 Å². The van der Waals surface area contributed by atoms with Gasteiger partial charge >= 0.3 is 0 Å². The first-order valence-electron chi connectivity index (χ1n) is 9.90. The maximum absolute atomic E-state index is 5.75. The zero-order chi connectivity index (χ0) is 18.6. The molecule has 2 atom stereocenters. The van der Waals surface area contributed by atoms with Crippen LogP contribution in [0.4, 0.5) is 0 Å². The van der Waals surface area contributed by atoms with Gasteiger partial charge in [0.15, 0.2) is 0 Å². The molecule has 0 spiro atoms. The van der Waals surface area contributed by atoms with Crippen molar-refractivity contribution in [2.45, 2.75) is 11.8 Å². The normalized spacial score (nSPS) is 22.4. The van der Waals surface area contributed by atoms with Crippen LogP contribution in [0.15, 0.2) is 108 Å². The van der Waals surface area contributed by atoms with Gasteiger partial charge in [-0.05, 0) is 52.3 Å². The summed E-state index contributed by atoms with van der Waals surface area (Å²) in [5.41, 5.74) is 7.56. The zero-order valence-corrected chi connectivity index (χ0v) is 15.5. The van der Waals surface area contributed by atoms with Gasteiger partial charge in [0.1, 0.15) is 5.58 Å². The second-order valence-corrected chi connectivity index (χ2v) is 7.70. The fraction of sp³-hybridized carbons (Fsp3) is 0.111. The molecule has 0 N–H and O–H groups in total. The highest BCUT2D eigenvalue weighted by molar-refractivity contribution is 6.01. The van der Waals surface area contributed by atoms with E-state index in [1.807, 2.05) is 0 Å². The standard InChI is InChI=1S/C27H20O/c1-3-9-19(10-4-1)27(20-11-5-2-6-12-20)23-14-8-7-13-21(23)26-22-17-18-28-25(22)16-15-24(26)27/h1-11,13-18,20H,12H2. The van der Waals surface area contributed by atoms with E-state index in [0.29, 0.717) is 5.92 Å². The predicted octanol–water partition coefficient (Wildman–Crippen LogP) is 6.88. The summed E-state index contributed by atoms with van der Waals surface area (Å²) >= 11 is 0. The average molecular weight is 360 g/mol. The van der Waals surface area contributed by atoms with E-state index < -0.39 is 0 Å². The number of rotatable bonds is 2. The highest BCUT2D eigenvalue weighted by Gasteiger charge is 2.49. The molecule has 0 amide bonds. The molecule has 2 aliphatic carbocycles. The van der Waals surface area contributed by atoms with Gasteiger partial charge in [0.05, 0.1) is 11.7 Å². The largest absolute Gasteiger partial charge is 0.464 e. The first-order valence-corrected chi connectivity index (χ1v) is 9.90. The molecule has 1 heteroatoms. The third kappa shape index (κ3) is 1.91. The van der Waals surface area contributed by atoms with Gasteiger partial charge in [-0.25, -0.2) is 0 Å². The van der Waals surface area contributed by atoms with E-state index in [2.05, 4.69) is 97.1 Å². The fourth-order valence-electron chi connectivity index (χ4n) is 5.38. The first kappa shape index (κ1) is 15.7. The summed E-state index contributed by atoms with van der Waals surface area (Å²) in [6.45, 7) is 0. The van der Waals surface area contributed by atoms with Crippen molar-refractivity contribution < 1.29 is 4.42 Å². The van der Waals surface area contributed by atoms with Crippen LogP contribution in [-0.2, 0) is 5.41 Å². The Labute approximate surface area is 164 Å². The van der Waals surface area contributed by atoms with Crippen LogP contribution in [0.25, 0.3) is 22.1 Å². The number of fused-ring (bicyclic) bond motifs is 5. The molecule has 28 heavy (non-hydrogen) atoms. The lowest BCUT2D eigenvalue weighted by molar-refractivity contribution is 0.457. The molecule has 1 aromatic heterocycles. The van der Waals surface area contributed by atoms with Crippen LogP contribution < -0.4 is 0 Å². The van der Waals surface area contributed by atoms with Gasteiger partial charge in [-0.2, -0.15) is 0 Å². The minimum absolute atomic E-state index is 0.195. The van der Waals surface area contributed by atoms with E-state index >= 15 is 0 Å². The summed E-state index contributed by atoms with van der Waals surface area (Å²) in [7, 11) is 0. The molecule has 1 nitrogen and oxygen atoms in total. The van der Waals surface area contributed by atoms with Crippen molar-refractivity contribution >= 4 is 11.0 Å². The van der Waals surface area contributed by atoms with E-state index in [1.54, 1.807) is 6.26 Å². The molecule has 0 bridgehead atoms. The third-order valence-corrected chi connectivity index (χ3v) is 6.45. The molecule has 0 fully saturated rings. The van der Waals surface area contributed by atoms with Crippen molar-refractivity contribution in [1.29, 1.82) is 0 Å². The number of furan rings is 1. The second-order valence-electron chi connectivity index (χ2n) is 7.70. The first-order chi connectivity index (χ1) is 13.9. The van der Waals surface area contributed by atoms with Crippen LogP contribution in [0.2, 0.25) is 0 Å². The molecule has 0 aliphatic heterocycles. The van der Waals surface area contributed by atoms with E-state index in [9.17, 15) is 0 Å². The fourth-order valence-corrected chi connectivity index (χ4v) is 5.38. The predicted molar refractivity (Wildman–Crippen MR) is 114 cm³/mol. The average Bonchev–Trinajstić information content (AvgIpc) is 3.36. The van der Waals surface area contributed by atoms with E-state index in [-0.39, 0.29) is 5.41 Å². The minimum atomic E-state index is -0.195. The van der Waals surface area contributed by atoms with Crippen molar-refractivity contribution in [1.82, 2.24) is 0 Å². The molecule has 134 valence electrons. The molecule has 6 rings (SSSR count).